The minimum atomic E-state index is -0.311. The van der Waals surface area contributed by atoms with Crippen molar-refractivity contribution in [3.63, 3.8) is 0 Å². The zero-order valence-electron chi connectivity index (χ0n) is 13.7. The van der Waals surface area contributed by atoms with Gasteiger partial charge in [0.2, 0.25) is 0 Å². The van der Waals surface area contributed by atoms with Crippen LogP contribution in [0.15, 0.2) is 29.3 Å². The number of carbonyl (C=O) groups excluding carboxylic acids is 1. The summed E-state index contributed by atoms with van der Waals surface area (Å²) < 4.78 is 5.20. The van der Waals surface area contributed by atoms with Crippen LogP contribution in [0.4, 0.5) is 5.00 Å². The van der Waals surface area contributed by atoms with Crippen molar-refractivity contribution in [3.8, 4) is 5.75 Å². The molecular weight excluding hydrogens is 454 g/mol. The predicted molar refractivity (Wildman–Crippen MR) is 99.0 cm³/mol. The number of ether oxygens (including phenoxy) is 1. The Hall–Kier alpha value is -1.14. The monoisotopic (exact) mass is 470 g/mol. The molecule has 1 heterocycles. The third-order valence-electron chi connectivity index (χ3n) is 3.87. The summed E-state index contributed by atoms with van der Waals surface area (Å²) in [5.74, 6) is -0.385. The number of fused-ring (bicyclic) bond motifs is 1. The predicted octanol–water partition coefficient (Wildman–Crippen LogP) is 4.47. The van der Waals surface area contributed by atoms with Crippen molar-refractivity contribution < 1.29 is 28.8 Å². The first-order valence-electron chi connectivity index (χ1n) is 7.94. The van der Waals surface area contributed by atoms with Gasteiger partial charge in [0.15, 0.2) is 0 Å². The Labute approximate surface area is 166 Å². The van der Waals surface area contributed by atoms with Crippen molar-refractivity contribution in [1.29, 1.82) is 0 Å². The third-order valence-corrected chi connectivity index (χ3v) is 5.07. The van der Waals surface area contributed by atoms with Gasteiger partial charge in [-0.15, -0.1) is 17.1 Å². The zero-order valence-corrected chi connectivity index (χ0v) is 17.0. The number of hydrogen-bond donors (Lipinski definition) is 0. The van der Waals surface area contributed by atoms with Crippen LogP contribution in [0.5, 0.6) is 5.75 Å². The molecule has 25 heavy (non-hydrogen) atoms. The summed E-state index contributed by atoms with van der Waals surface area (Å²) in [4.78, 5) is 18.0. The van der Waals surface area contributed by atoms with Gasteiger partial charge in [0.05, 0.1) is 12.2 Å². The molecule has 0 aliphatic heterocycles. The van der Waals surface area contributed by atoms with Crippen molar-refractivity contribution in [3.05, 3.63) is 45.8 Å². The second-order valence-corrected chi connectivity index (χ2v) is 6.49. The Morgan fingerprint density at radius 3 is 2.80 bits per heavy atom. The second-order valence-electron chi connectivity index (χ2n) is 5.41. The fourth-order valence-corrected chi connectivity index (χ4v) is 3.99. The molecule has 0 atom stereocenters. The molecule has 1 aliphatic rings. The van der Waals surface area contributed by atoms with E-state index < -0.39 is 0 Å². The summed E-state index contributed by atoms with van der Waals surface area (Å²) in [6.07, 6.45) is 5.65. The van der Waals surface area contributed by atoms with Gasteiger partial charge in [-0.3, -0.25) is 0 Å². The molecule has 1 aliphatic carbocycles. The van der Waals surface area contributed by atoms with Crippen molar-refractivity contribution in [2.24, 2.45) is 4.99 Å². The van der Waals surface area contributed by atoms with E-state index in [0.29, 0.717) is 22.7 Å². The first kappa shape index (κ1) is 20.2. The van der Waals surface area contributed by atoms with Crippen LogP contribution in [-0.2, 0) is 31.8 Å². The van der Waals surface area contributed by atoms with Crippen molar-refractivity contribution >= 4 is 42.6 Å². The van der Waals surface area contributed by atoms with Crippen LogP contribution in [0.3, 0.4) is 0 Å². The number of hydrogen-bond acceptors (Lipinski definition) is 5. The van der Waals surface area contributed by atoms with Gasteiger partial charge < -0.3 is 9.84 Å². The first-order valence-corrected chi connectivity index (χ1v) is 11.1. The fourth-order valence-electron chi connectivity index (χ4n) is 2.77. The number of aliphatic imine (C=N–C) groups is 1. The van der Waals surface area contributed by atoms with Crippen molar-refractivity contribution in [2.45, 2.75) is 32.6 Å². The molecule has 3 rings (SSSR count). The maximum absolute atomic E-state index is 12.3. The number of benzene rings is 1. The summed E-state index contributed by atoms with van der Waals surface area (Å²) in [5, 5.41) is 12.4. The number of para-hydroxylation sites is 1. The van der Waals surface area contributed by atoms with E-state index in [1.807, 2.05) is 0 Å². The van der Waals surface area contributed by atoms with Crippen LogP contribution in [0.25, 0.3) is 0 Å². The summed E-state index contributed by atoms with van der Waals surface area (Å²) in [6.45, 7) is 2.14. The standard InChI is InChI=1S/C18H19NO3S.BrH.Cu/c1-2-22-18(21)16-13-8-4-6-10-15(13)23-17(16)19-11-12-7-3-5-9-14(12)20;;/h3,5,7,9,11,20H,2,4,6,8,10H2,1H3;1H;/q;;+2/p-2/b19-11+;;. The van der Waals surface area contributed by atoms with Gasteiger partial charge in [0.25, 0.3) is 0 Å². The van der Waals surface area contributed by atoms with E-state index >= 15 is 0 Å². The third kappa shape index (κ3) is 4.94. The van der Waals surface area contributed by atoms with E-state index in [1.165, 1.54) is 10.9 Å². The molecule has 0 amide bonds. The Bertz CT molecular complexity index is 761. The van der Waals surface area contributed by atoms with Crippen LogP contribution < -0.4 is 5.11 Å². The number of halogens is 1. The number of aryl methyl sites for hydroxylation is 1. The second kappa shape index (κ2) is 10.1. The van der Waals surface area contributed by atoms with Gasteiger partial charge >= 0.3 is 34.3 Å². The Morgan fingerprint density at radius 1 is 1.36 bits per heavy atom. The number of esters is 1. The van der Waals surface area contributed by atoms with Gasteiger partial charge in [-0.2, -0.15) is 0 Å². The molecule has 0 saturated carbocycles. The SMILES string of the molecule is CCOC(=O)c1c(/N=C/c2ccccc2[O-])sc2c1CCCC2.[Cu+][Br]. The molecule has 2 aromatic rings. The van der Waals surface area contributed by atoms with Gasteiger partial charge in [-0.25, -0.2) is 9.79 Å². The average molecular weight is 472 g/mol. The topological polar surface area (TPSA) is 61.7 Å². The van der Waals surface area contributed by atoms with Crippen molar-refractivity contribution in [1.82, 2.24) is 0 Å². The Kier molecular flexibility index (Phi) is 8.16. The molecule has 0 saturated heterocycles. The van der Waals surface area contributed by atoms with Crippen LogP contribution in [0.2, 0.25) is 0 Å². The molecule has 0 unspecified atom stereocenters. The number of carbonyl (C=O) groups is 1. The van der Waals surface area contributed by atoms with Crippen LogP contribution >= 0.6 is 25.4 Å². The Morgan fingerprint density at radius 2 is 2.08 bits per heavy atom. The van der Waals surface area contributed by atoms with E-state index in [1.54, 1.807) is 42.7 Å². The summed E-state index contributed by atoms with van der Waals surface area (Å²) in [7, 11) is 0. The van der Waals surface area contributed by atoms with E-state index in [4.69, 9.17) is 4.74 Å². The van der Waals surface area contributed by atoms with E-state index in [-0.39, 0.29) is 11.7 Å². The number of thiophene rings is 1. The Balaban J connectivity index is 0.00000109. The molecule has 1 aromatic heterocycles. The molecule has 0 N–H and O–H groups in total. The summed E-state index contributed by atoms with van der Waals surface area (Å²) >= 11 is 8.04. The summed E-state index contributed by atoms with van der Waals surface area (Å²) in [6, 6.07) is 6.73. The zero-order chi connectivity index (χ0) is 18.2. The van der Waals surface area contributed by atoms with E-state index in [0.717, 1.165) is 31.2 Å². The normalized spacial score (nSPS) is 13.1. The van der Waals surface area contributed by atoms with Crippen molar-refractivity contribution in [2.75, 3.05) is 6.61 Å². The molecule has 1 aromatic carbocycles. The van der Waals surface area contributed by atoms with Crippen LogP contribution in [-0.4, -0.2) is 18.8 Å². The molecular formula is C18H18BrCuNO3S. The average Bonchev–Trinajstić information content (AvgIpc) is 3.01. The van der Waals surface area contributed by atoms with Crippen LogP contribution in [0, 0.1) is 0 Å². The quantitative estimate of drug-likeness (QED) is 0.375. The molecule has 4 nitrogen and oxygen atoms in total. The maximum atomic E-state index is 12.3. The van der Waals surface area contributed by atoms with E-state index in [2.05, 4.69) is 33.3 Å². The van der Waals surface area contributed by atoms with Gasteiger partial charge in [-0.05, 0) is 43.7 Å². The number of nitrogens with zero attached hydrogens (tertiary/aromatic N) is 1. The molecule has 137 valence electrons. The van der Waals surface area contributed by atoms with Gasteiger partial charge in [-0.1, -0.05) is 24.3 Å². The molecule has 0 spiro atoms. The minimum absolute atomic E-state index is 0.0738. The van der Waals surface area contributed by atoms with Crippen LogP contribution in [0.1, 0.15) is 46.1 Å². The molecule has 7 heteroatoms. The summed E-state index contributed by atoms with van der Waals surface area (Å²) in [5.41, 5.74) is 2.20. The van der Waals surface area contributed by atoms with E-state index in [9.17, 15) is 9.90 Å². The van der Waals surface area contributed by atoms with Gasteiger partial charge in [0, 0.05) is 11.1 Å². The van der Waals surface area contributed by atoms with Gasteiger partial charge in [0.1, 0.15) is 5.00 Å². The fraction of sp³-hybridized carbons (Fsp3) is 0.333. The molecule has 0 bridgehead atoms. The first-order chi connectivity index (χ1) is 12.2. The number of rotatable bonds is 4. The molecule has 0 radical (unpaired) electrons. The molecule has 0 fully saturated rings.